The SMILES string of the molecule is Cc1ccc2c(c1)c1cc(C)ccc1n2-c1cc(-c2nc(-c3ccccc3)nc(-c3ccc4c(c3)c3ccccc3n4-c3ccc(-c4nc(-c5ccccc5)nc(-c5ccccc5)n4)cc3)n2)cc(-n2c3ccc(C)cc3c3cc(C)ccc32)c1. The van der Waals surface area contributed by atoms with Crippen LogP contribution in [0.4, 0.5) is 0 Å². The average molecular weight is 1090 g/mol. The van der Waals surface area contributed by atoms with Crippen molar-refractivity contribution in [2.24, 2.45) is 0 Å². The summed E-state index contributed by atoms with van der Waals surface area (Å²) in [6.07, 6.45) is 0. The van der Waals surface area contributed by atoms with Crippen molar-refractivity contribution in [2.45, 2.75) is 27.7 Å². The molecule has 9 heteroatoms. The largest absolute Gasteiger partial charge is 0.309 e. The van der Waals surface area contributed by atoms with E-state index in [-0.39, 0.29) is 0 Å². The Bertz CT molecular complexity index is 5010. The lowest BCUT2D eigenvalue weighted by Gasteiger charge is -2.16. The molecule has 16 aromatic rings. The van der Waals surface area contributed by atoms with E-state index in [0.717, 1.165) is 94.3 Å². The predicted molar refractivity (Wildman–Crippen MR) is 348 cm³/mol. The van der Waals surface area contributed by atoms with Gasteiger partial charge in [0.15, 0.2) is 34.9 Å². The Morgan fingerprint density at radius 1 is 0.200 bits per heavy atom. The Morgan fingerprint density at radius 2 is 0.494 bits per heavy atom. The Labute approximate surface area is 490 Å². The fraction of sp³-hybridized carbons (Fsp3) is 0.0526. The van der Waals surface area contributed by atoms with Crippen molar-refractivity contribution in [3.8, 4) is 85.4 Å². The minimum atomic E-state index is 0.569. The first kappa shape index (κ1) is 49.6. The van der Waals surface area contributed by atoms with Crippen molar-refractivity contribution >= 4 is 65.4 Å². The summed E-state index contributed by atoms with van der Waals surface area (Å²) in [5, 5.41) is 7.05. The quantitative estimate of drug-likeness (QED) is 0.143. The summed E-state index contributed by atoms with van der Waals surface area (Å²) >= 11 is 0. The molecule has 0 spiro atoms. The molecule has 85 heavy (non-hydrogen) atoms. The third-order valence-corrected chi connectivity index (χ3v) is 16.5. The van der Waals surface area contributed by atoms with Crippen LogP contribution in [-0.4, -0.2) is 43.6 Å². The van der Waals surface area contributed by atoms with Crippen LogP contribution in [-0.2, 0) is 0 Å². The van der Waals surface area contributed by atoms with Gasteiger partial charge in [0, 0.05) is 82.8 Å². The highest BCUT2D eigenvalue weighted by atomic mass is 15.1. The molecule has 0 amide bonds. The molecule has 5 heterocycles. The summed E-state index contributed by atoms with van der Waals surface area (Å²) in [6, 6.07) is 88.1. The van der Waals surface area contributed by atoms with Crippen LogP contribution >= 0.6 is 0 Å². The van der Waals surface area contributed by atoms with E-state index >= 15 is 0 Å². The zero-order valence-corrected chi connectivity index (χ0v) is 47.2. The molecule has 9 nitrogen and oxygen atoms in total. The summed E-state index contributed by atoms with van der Waals surface area (Å²) in [5.41, 5.74) is 19.9. The monoisotopic (exact) mass is 1090 g/mol. The first-order chi connectivity index (χ1) is 41.7. The van der Waals surface area contributed by atoms with E-state index in [1.54, 1.807) is 0 Å². The Kier molecular flexibility index (Phi) is 11.6. The van der Waals surface area contributed by atoms with Gasteiger partial charge >= 0.3 is 0 Å². The minimum Gasteiger partial charge on any atom is -0.309 e. The van der Waals surface area contributed by atoms with Gasteiger partial charge in [-0.15, -0.1) is 0 Å². The second kappa shape index (κ2) is 19.8. The first-order valence-corrected chi connectivity index (χ1v) is 28.7. The topological polar surface area (TPSA) is 92.1 Å². The van der Waals surface area contributed by atoms with E-state index in [1.165, 1.54) is 43.8 Å². The molecule has 0 saturated heterocycles. The Balaban J connectivity index is 0.871. The first-order valence-electron chi connectivity index (χ1n) is 28.7. The lowest BCUT2D eigenvalue weighted by atomic mass is 10.1. The van der Waals surface area contributed by atoms with Crippen LogP contribution in [0.15, 0.2) is 249 Å². The molecular weight excluding hydrogens is 1040 g/mol. The number of para-hydroxylation sites is 1. The van der Waals surface area contributed by atoms with Crippen LogP contribution in [0, 0.1) is 27.7 Å². The van der Waals surface area contributed by atoms with Gasteiger partial charge in [0.1, 0.15) is 0 Å². The zero-order valence-electron chi connectivity index (χ0n) is 47.2. The van der Waals surface area contributed by atoms with Crippen LogP contribution in [0.5, 0.6) is 0 Å². The highest BCUT2D eigenvalue weighted by Crippen LogP contribution is 2.41. The van der Waals surface area contributed by atoms with Crippen molar-refractivity contribution < 1.29 is 0 Å². The van der Waals surface area contributed by atoms with E-state index < -0.39 is 0 Å². The molecule has 402 valence electrons. The van der Waals surface area contributed by atoms with E-state index in [2.05, 4.69) is 211 Å². The van der Waals surface area contributed by atoms with Crippen LogP contribution in [0.1, 0.15) is 22.3 Å². The van der Waals surface area contributed by atoms with Crippen LogP contribution < -0.4 is 0 Å². The van der Waals surface area contributed by atoms with Crippen molar-refractivity contribution in [2.75, 3.05) is 0 Å². The standard InChI is InChI=1S/C76H53N9/c1-46-24-33-66-60(38-46)61-39-47(2)25-34-67(61)84(66)57-42-55(43-58(45-57)85-68-35-26-48(3)40-62(68)63-41-49(4)27-36-69(63)85)76-81-73(52-20-12-7-13-21-52)80-75(82-76)54-30-37-70-64(44-54)59-22-14-15-23-65(59)83(70)56-31-28-53(29-32-56)74-78-71(50-16-8-5-9-17-50)77-72(79-74)51-18-10-6-11-19-51/h5-45H,1-4H3. The molecule has 0 bridgehead atoms. The third kappa shape index (κ3) is 8.54. The van der Waals surface area contributed by atoms with Crippen LogP contribution in [0.25, 0.3) is 151 Å². The van der Waals surface area contributed by atoms with Gasteiger partial charge in [0.2, 0.25) is 0 Å². The van der Waals surface area contributed by atoms with E-state index in [1.807, 2.05) is 78.9 Å². The van der Waals surface area contributed by atoms with Gasteiger partial charge in [-0.25, -0.2) is 29.9 Å². The van der Waals surface area contributed by atoms with Gasteiger partial charge in [-0.1, -0.05) is 156 Å². The summed E-state index contributed by atoms with van der Waals surface area (Å²) in [5.74, 6) is 3.59. The number of aryl methyl sites for hydroxylation is 4. The summed E-state index contributed by atoms with van der Waals surface area (Å²) in [6.45, 7) is 8.68. The van der Waals surface area contributed by atoms with Crippen molar-refractivity contribution in [3.05, 3.63) is 271 Å². The highest BCUT2D eigenvalue weighted by molar-refractivity contribution is 6.12. The summed E-state index contributed by atoms with van der Waals surface area (Å²) < 4.78 is 7.14. The number of rotatable bonds is 9. The molecule has 11 aromatic carbocycles. The lowest BCUT2D eigenvalue weighted by molar-refractivity contribution is 1.07. The predicted octanol–water partition coefficient (Wildman–Crippen LogP) is 18.6. The lowest BCUT2D eigenvalue weighted by Crippen LogP contribution is -2.03. The molecule has 5 aromatic heterocycles. The van der Waals surface area contributed by atoms with E-state index in [0.29, 0.717) is 34.9 Å². The molecule has 16 rings (SSSR count). The molecule has 0 atom stereocenters. The summed E-state index contributed by atoms with van der Waals surface area (Å²) in [7, 11) is 0. The van der Waals surface area contributed by atoms with E-state index in [9.17, 15) is 0 Å². The molecule has 0 N–H and O–H groups in total. The second-order valence-corrected chi connectivity index (χ2v) is 22.3. The molecular formula is C76H53N9. The molecule has 0 unspecified atom stereocenters. The highest BCUT2D eigenvalue weighted by Gasteiger charge is 2.22. The number of benzene rings is 11. The van der Waals surface area contributed by atoms with Gasteiger partial charge in [0.05, 0.1) is 33.1 Å². The molecule has 0 aliphatic carbocycles. The van der Waals surface area contributed by atoms with Gasteiger partial charge in [-0.05, 0) is 143 Å². The van der Waals surface area contributed by atoms with Gasteiger partial charge in [-0.2, -0.15) is 0 Å². The second-order valence-electron chi connectivity index (χ2n) is 22.3. The van der Waals surface area contributed by atoms with Gasteiger partial charge in [-0.3, -0.25) is 0 Å². The fourth-order valence-corrected chi connectivity index (χ4v) is 12.5. The molecule has 0 radical (unpaired) electrons. The zero-order chi connectivity index (χ0) is 56.9. The normalized spacial score (nSPS) is 11.8. The maximum absolute atomic E-state index is 5.52. The number of hydrogen-bond acceptors (Lipinski definition) is 6. The number of hydrogen-bond donors (Lipinski definition) is 0. The Morgan fingerprint density at radius 3 is 0.906 bits per heavy atom. The molecule has 0 aliphatic heterocycles. The van der Waals surface area contributed by atoms with E-state index in [4.69, 9.17) is 29.9 Å². The maximum atomic E-state index is 5.52. The van der Waals surface area contributed by atoms with Gasteiger partial charge < -0.3 is 13.7 Å². The Hall–Kier alpha value is -11.2. The minimum absolute atomic E-state index is 0.569. The summed E-state index contributed by atoms with van der Waals surface area (Å²) in [4.78, 5) is 31.2. The van der Waals surface area contributed by atoms with Crippen molar-refractivity contribution in [1.82, 2.24) is 43.6 Å². The third-order valence-electron chi connectivity index (χ3n) is 16.5. The molecule has 0 aliphatic rings. The average Bonchev–Trinajstić information content (AvgIpc) is 3.04. The molecule has 0 fully saturated rings. The maximum Gasteiger partial charge on any atom is 0.164 e. The number of aromatic nitrogens is 9. The van der Waals surface area contributed by atoms with Crippen molar-refractivity contribution in [1.29, 1.82) is 0 Å². The van der Waals surface area contributed by atoms with Crippen LogP contribution in [0.2, 0.25) is 0 Å². The fourth-order valence-electron chi connectivity index (χ4n) is 12.5. The number of nitrogens with zero attached hydrogens (tertiary/aromatic N) is 9. The molecule has 0 saturated carbocycles. The smallest absolute Gasteiger partial charge is 0.164 e. The number of fused-ring (bicyclic) bond motifs is 9. The van der Waals surface area contributed by atoms with Crippen LogP contribution in [0.3, 0.4) is 0 Å². The van der Waals surface area contributed by atoms with Gasteiger partial charge in [0.25, 0.3) is 0 Å². The van der Waals surface area contributed by atoms with Crippen molar-refractivity contribution in [3.63, 3.8) is 0 Å².